The Labute approximate surface area is 170 Å². The van der Waals surface area contributed by atoms with Gasteiger partial charge in [-0.2, -0.15) is 4.98 Å². The lowest BCUT2D eigenvalue weighted by Crippen LogP contribution is -2.36. The summed E-state index contributed by atoms with van der Waals surface area (Å²) in [6.45, 7) is 3.35. The van der Waals surface area contributed by atoms with Crippen molar-refractivity contribution < 1.29 is 23.0 Å². The fourth-order valence-electron chi connectivity index (χ4n) is 2.31. The Morgan fingerprint density at radius 3 is 2.66 bits per heavy atom. The molecule has 0 aliphatic rings. The number of carbonyl (C=O) groups is 1. The number of benzene rings is 1. The van der Waals surface area contributed by atoms with E-state index in [4.69, 9.17) is 21.1 Å². The van der Waals surface area contributed by atoms with Crippen LogP contribution in [0.25, 0.3) is 0 Å². The minimum absolute atomic E-state index is 0.0280. The highest BCUT2D eigenvalue weighted by Gasteiger charge is 2.20. The highest BCUT2D eigenvalue weighted by Crippen LogP contribution is 2.24. The molecule has 0 spiro atoms. The average Bonchev–Trinajstić information content (AvgIpc) is 2.67. The monoisotopic (exact) mass is 430 g/mol. The maximum Gasteiger partial charge on any atom is 0.314 e. The zero-order valence-corrected chi connectivity index (χ0v) is 16.8. The van der Waals surface area contributed by atoms with E-state index in [1.165, 1.54) is 17.7 Å². The van der Waals surface area contributed by atoms with Crippen LogP contribution in [-0.4, -0.2) is 35.8 Å². The number of amides is 2. The van der Waals surface area contributed by atoms with Gasteiger partial charge in [0, 0.05) is 24.7 Å². The molecule has 2 aromatic rings. The van der Waals surface area contributed by atoms with Crippen LogP contribution in [0.2, 0.25) is 5.02 Å². The van der Waals surface area contributed by atoms with Crippen LogP contribution in [0.15, 0.2) is 23.0 Å². The van der Waals surface area contributed by atoms with Crippen LogP contribution in [0.1, 0.15) is 25.5 Å². The molecule has 1 aromatic carbocycles. The molecule has 8 nitrogen and oxygen atoms in total. The van der Waals surface area contributed by atoms with Gasteiger partial charge in [-0.3, -0.25) is 9.36 Å². The van der Waals surface area contributed by atoms with Gasteiger partial charge in [-0.1, -0.05) is 11.6 Å². The fourth-order valence-corrected chi connectivity index (χ4v) is 2.49. The SMILES string of the molecule is CNC(=O)NCCOc1nc(OCc2ccc(F)cc2F)c(Cl)c(=O)n1C(C)C. The third kappa shape index (κ3) is 5.80. The Morgan fingerprint density at radius 2 is 2.03 bits per heavy atom. The quantitative estimate of drug-likeness (QED) is 0.628. The molecule has 11 heteroatoms. The summed E-state index contributed by atoms with van der Waals surface area (Å²) >= 11 is 6.07. The summed E-state index contributed by atoms with van der Waals surface area (Å²) in [7, 11) is 1.47. The molecular formula is C18H21ClF2N4O4. The zero-order valence-electron chi connectivity index (χ0n) is 16.1. The molecule has 2 amide bonds. The molecule has 0 aliphatic heterocycles. The zero-order chi connectivity index (χ0) is 21.6. The molecule has 2 rings (SSSR count). The second-order valence-corrected chi connectivity index (χ2v) is 6.54. The summed E-state index contributed by atoms with van der Waals surface area (Å²) in [6, 6.07) is 2.25. The van der Waals surface area contributed by atoms with E-state index in [1.54, 1.807) is 13.8 Å². The molecule has 0 aliphatic carbocycles. The summed E-state index contributed by atoms with van der Waals surface area (Å²) in [5.74, 6) is -1.76. The van der Waals surface area contributed by atoms with E-state index in [1.807, 2.05) is 0 Å². The van der Waals surface area contributed by atoms with Crippen LogP contribution in [0.4, 0.5) is 13.6 Å². The number of rotatable bonds is 8. The molecule has 1 aromatic heterocycles. The van der Waals surface area contributed by atoms with E-state index >= 15 is 0 Å². The molecule has 29 heavy (non-hydrogen) atoms. The van der Waals surface area contributed by atoms with Gasteiger partial charge >= 0.3 is 12.0 Å². The van der Waals surface area contributed by atoms with Gasteiger partial charge < -0.3 is 20.1 Å². The molecule has 0 radical (unpaired) electrons. The summed E-state index contributed by atoms with van der Waals surface area (Å²) in [6.07, 6.45) is 0. The first-order valence-electron chi connectivity index (χ1n) is 8.71. The highest BCUT2D eigenvalue weighted by molar-refractivity contribution is 6.31. The highest BCUT2D eigenvalue weighted by atomic mass is 35.5. The van der Waals surface area contributed by atoms with Crippen molar-refractivity contribution in [3.05, 3.63) is 50.8 Å². The molecular weight excluding hydrogens is 410 g/mol. The number of nitrogens with zero attached hydrogens (tertiary/aromatic N) is 2. The molecule has 0 atom stereocenters. The van der Waals surface area contributed by atoms with Crippen molar-refractivity contribution in [3.8, 4) is 11.9 Å². The van der Waals surface area contributed by atoms with Gasteiger partial charge in [0.05, 0.1) is 6.54 Å². The Kier molecular flexibility index (Phi) is 7.77. The van der Waals surface area contributed by atoms with Crippen LogP contribution in [-0.2, 0) is 6.61 Å². The van der Waals surface area contributed by atoms with E-state index in [9.17, 15) is 18.4 Å². The first kappa shape index (κ1) is 22.4. The molecule has 0 unspecified atom stereocenters. The molecule has 0 saturated carbocycles. The maximum atomic E-state index is 13.8. The molecule has 0 fully saturated rings. The number of ether oxygens (including phenoxy) is 2. The number of hydrogen-bond acceptors (Lipinski definition) is 5. The Hall–Kier alpha value is -2.88. The molecule has 0 bridgehead atoms. The fraction of sp³-hybridized carbons (Fsp3) is 0.389. The molecule has 158 valence electrons. The number of carbonyl (C=O) groups excluding carboxylic acids is 1. The Morgan fingerprint density at radius 1 is 1.31 bits per heavy atom. The molecule has 0 saturated heterocycles. The van der Waals surface area contributed by atoms with E-state index in [0.29, 0.717) is 0 Å². The molecule has 2 N–H and O–H groups in total. The van der Waals surface area contributed by atoms with E-state index in [0.717, 1.165) is 12.1 Å². The molecule has 1 heterocycles. The Bertz CT molecular complexity index is 937. The van der Waals surface area contributed by atoms with Gasteiger partial charge in [0.25, 0.3) is 5.56 Å². The average molecular weight is 431 g/mol. The first-order valence-corrected chi connectivity index (χ1v) is 9.09. The van der Waals surface area contributed by atoms with Gasteiger partial charge in [0.1, 0.15) is 24.8 Å². The topological polar surface area (TPSA) is 94.5 Å². The lowest BCUT2D eigenvalue weighted by molar-refractivity contribution is 0.229. The van der Waals surface area contributed by atoms with Crippen molar-refractivity contribution in [1.29, 1.82) is 0 Å². The lowest BCUT2D eigenvalue weighted by atomic mass is 10.2. The van der Waals surface area contributed by atoms with Crippen molar-refractivity contribution in [3.63, 3.8) is 0 Å². The summed E-state index contributed by atoms with van der Waals surface area (Å²) in [4.78, 5) is 27.9. The first-order chi connectivity index (χ1) is 13.7. The number of urea groups is 1. The van der Waals surface area contributed by atoms with Crippen LogP contribution < -0.4 is 25.7 Å². The van der Waals surface area contributed by atoms with Crippen LogP contribution in [0.3, 0.4) is 0 Å². The third-order valence-corrected chi connectivity index (χ3v) is 4.06. The van der Waals surface area contributed by atoms with Crippen molar-refractivity contribution in [2.24, 2.45) is 0 Å². The van der Waals surface area contributed by atoms with Gasteiger partial charge in [0.15, 0.2) is 5.02 Å². The van der Waals surface area contributed by atoms with E-state index < -0.39 is 17.2 Å². The van der Waals surface area contributed by atoms with Crippen molar-refractivity contribution >= 4 is 17.6 Å². The smallest absolute Gasteiger partial charge is 0.314 e. The van der Waals surface area contributed by atoms with Gasteiger partial charge in [-0.15, -0.1) is 0 Å². The second kappa shape index (κ2) is 10.1. The predicted molar refractivity (Wildman–Crippen MR) is 103 cm³/mol. The summed E-state index contributed by atoms with van der Waals surface area (Å²) in [5, 5.41) is 4.63. The summed E-state index contributed by atoms with van der Waals surface area (Å²) in [5.41, 5.74) is -0.532. The van der Waals surface area contributed by atoms with Crippen LogP contribution >= 0.6 is 11.6 Å². The normalized spacial score (nSPS) is 10.7. The standard InChI is InChI=1S/C18H21ClF2N4O4/c1-10(2)25-16(26)14(19)15(24-18(25)28-7-6-23-17(27)22-3)29-9-11-4-5-12(20)8-13(11)21/h4-5,8,10H,6-7,9H2,1-3H3,(H2,22,23,27). The predicted octanol–water partition coefficient (Wildman–Crippen LogP) is 2.64. The maximum absolute atomic E-state index is 13.8. The van der Waals surface area contributed by atoms with Gasteiger partial charge in [-0.05, 0) is 26.0 Å². The minimum atomic E-state index is -0.798. The van der Waals surface area contributed by atoms with Gasteiger partial charge in [-0.25, -0.2) is 13.6 Å². The third-order valence-electron chi connectivity index (χ3n) is 3.74. The van der Waals surface area contributed by atoms with Crippen molar-refractivity contribution in [2.45, 2.75) is 26.5 Å². The van der Waals surface area contributed by atoms with Crippen LogP contribution in [0, 0.1) is 11.6 Å². The van der Waals surface area contributed by atoms with Crippen molar-refractivity contribution in [1.82, 2.24) is 20.2 Å². The largest absolute Gasteiger partial charge is 0.471 e. The number of halogens is 3. The second-order valence-electron chi connectivity index (χ2n) is 6.16. The number of nitrogens with one attached hydrogen (secondary N) is 2. The van der Waals surface area contributed by atoms with Crippen LogP contribution in [0.5, 0.6) is 11.9 Å². The minimum Gasteiger partial charge on any atom is -0.471 e. The number of aromatic nitrogens is 2. The van der Waals surface area contributed by atoms with E-state index in [-0.39, 0.29) is 54.3 Å². The Balaban J connectivity index is 2.22. The van der Waals surface area contributed by atoms with E-state index in [2.05, 4.69) is 15.6 Å². The van der Waals surface area contributed by atoms with Crippen molar-refractivity contribution in [2.75, 3.05) is 20.2 Å². The summed E-state index contributed by atoms with van der Waals surface area (Å²) < 4.78 is 38.9. The number of hydrogen-bond donors (Lipinski definition) is 2. The van der Waals surface area contributed by atoms with Gasteiger partial charge in [0.2, 0.25) is 5.88 Å². The lowest BCUT2D eigenvalue weighted by Gasteiger charge is -2.18.